The Morgan fingerprint density at radius 3 is 2.84 bits per heavy atom. The standard InChI is InChI=1S/C28H33FN6O2/c1-6-25-20-9-7-10-24(31-22-13-16-34(4)18-21(22)29)27(20)32-35(25)15-8-14-30-23-12-11-19(17-26(23)37-5)28(36)33(2)3/h6-7,9-12,17,21-22,30-31H,1,13-14,16,18H2,2-5H3/t21-,22+/m0/s1. The van der Waals surface area contributed by atoms with E-state index < -0.39 is 6.17 Å². The van der Waals surface area contributed by atoms with Gasteiger partial charge in [-0.25, -0.2) is 4.39 Å². The number of nitrogens with zero attached hydrogens (tertiary/aromatic N) is 4. The summed E-state index contributed by atoms with van der Waals surface area (Å²) in [6, 6.07) is 13.9. The summed E-state index contributed by atoms with van der Waals surface area (Å²) in [4.78, 5) is 15.7. The predicted octanol–water partition coefficient (Wildman–Crippen LogP) is 3.76. The molecule has 1 aliphatic rings. The average molecular weight is 505 g/mol. The van der Waals surface area contributed by atoms with E-state index >= 15 is 0 Å². The van der Waals surface area contributed by atoms with E-state index in [2.05, 4.69) is 29.2 Å². The third-order valence-corrected chi connectivity index (χ3v) is 6.43. The molecule has 1 amide bonds. The molecule has 2 N–H and O–H groups in total. The second-order valence-corrected chi connectivity index (χ2v) is 9.28. The lowest BCUT2D eigenvalue weighted by molar-refractivity contribution is 0.0827. The first-order valence-corrected chi connectivity index (χ1v) is 12.2. The van der Waals surface area contributed by atoms with Crippen molar-refractivity contribution in [3.8, 4) is 17.7 Å². The van der Waals surface area contributed by atoms with E-state index in [4.69, 9.17) is 9.84 Å². The van der Waals surface area contributed by atoms with Gasteiger partial charge in [-0.15, -0.1) is 0 Å². The number of hydrogen-bond acceptors (Lipinski definition) is 6. The lowest BCUT2D eigenvalue weighted by atomic mass is 10.0. The molecule has 2 heterocycles. The van der Waals surface area contributed by atoms with Gasteiger partial charge >= 0.3 is 0 Å². The van der Waals surface area contributed by atoms with E-state index in [1.807, 2.05) is 30.1 Å². The third kappa shape index (κ3) is 5.70. The number of alkyl halides is 1. The monoisotopic (exact) mass is 504 g/mol. The van der Waals surface area contributed by atoms with Gasteiger partial charge in [0.15, 0.2) is 0 Å². The van der Waals surface area contributed by atoms with E-state index in [1.54, 1.807) is 50.2 Å². The maximum Gasteiger partial charge on any atom is 0.253 e. The van der Waals surface area contributed by atoms with Gasteiger partial charge in [-0.05, 0) is 43.8 Å². The van der Waals surface area contributed by atoms with Crippen molar-refractivity contribution in [2.75, 3.05) is 58.5 Å². The van der Waals surface area contributed by atoms with Crippen molar-refractivity contribution in [3.05, 3.63) is 54.2 Å². The number of amides is 1. The number of nitrogens with one attached hydrogen (secondary N) is 2. The maximum atomic E-state index is 14.6. The van der Waals surface area contributed by atoms with Crippen LogP contribution in [0.25, 0.3) is 17.0 Å². The van der Waals surface area contributed by atoms with Gasteiger partial charge in [-0.1, -0.05) is 24.6 Å². The third-order valence-electron chi connectivity index (χ3n) is 6.43. The molecule has 194 valence electrons. The maximum absolute atomic E-state index is 14.6. The molecule has 1 fully saturated rings. The SMILES string of the molecule is C=Cc1c2cccc(N[C@@H]3CCN(C)C[C@@H]3F)c2nn1C#CCNc1ccc(C(=O)N(C)C)cc1OC. The molecule has 0 aliphatic carbocycles. The number of anilines is 2. The van der Waals surface area contributed by atoms with Gasteiger partial charge in [0.1, 0.15) is 17.4 Å². The lowest BCUT2D eigenvalue weighted by Crippen LogP contribution is -2.46. The Hall–Kier alpha value is -4.03. The van der Waals surface area contributed by atoms with Gasteiger partial charge in [0.25, 0.3) is 5.91 Å². The lowest BCUT2D eigenvalue weighted by Gasteiger charge is -2.33. The van der Waals surface area contributed by atoms with Crippen LogP contribution < -0.4 is 15.4 Å². The highest BCUT2D eigenvalue weighted by molar-refractivity contribution is 5.96. The molecule has 9 heteroatoms. The zero-order valence-corrected chi connectivity index (χ0v) is 21.7. The Bertz CT molecular complexity index is 1360. The molecule has 1 saturated heterocycles. The van der Waals surface area contributed by atoms with Crippen LogP contribution in [0, 0.1) is 12.0 Å². The molecule has 2 atom stereocenters. The van der Waals surface area contributed by atoms with Crippen LogP contribution in [0.5, 0.6) is 5.75 Å². The summed E-state index contributed by atoms with van der Waals surface area (Å²) in [5.41, 5.74) is 3.56. The molecule has 0 spiro atoms. The minimum absolute atomic E-state index is 0.0981. The van der Waals surface area contributed by atoms with Crippen LogP contribution in [-0.4, -0.2) is 85.6 Å². The van der Waals surface area contributed by atoms with E-state index in [0.717, 1.165) is 40.9 Å². The smallest absolute Gasteiger partial charge is 0.253 e. The van der Waals surface area contributed by atoms with Crippen LogP contribution in [0.1, 0.15) is 22.5 Å². The number of fused-ring (bicyclic) bond motifs is 1. The molecular weight excluding hydrogens is 471 g/mol. The number of carbonyl (C=O) groups excluding carboxylic acids is 1. The van der Waals surface area contributed by atoms with E-state index in [0.29, 0.717) is 24.4 Å². The van der Waals surface area contributed by atoms with E-state index in [9.17, 15) is 9.18 Å². The summed E-state index contributed by atoms with van der Waals surface area (Å²) >= 11 is 0. The molecule has 1 aliphatic heterocycles. The van der Waals surface area contributed by atoms with Crippen molar-refractivity contribution in [3.63, 3.8) is 0 Å². The Kier molecular flexibility index (Phi) is 7.99. The van der Waals surface area contributed by atoms with Crippen LogP contribution >= 0.6 is 0 Å². The van der Waals surface area contributed by atoms with Gasteiger partial charge < -0.3 is 25.2 Å². The fourth-order valence-electron chi connectivity index (χ4n) is 4.43. The summed E-state index contributed by atoms with van der Waals surface area (Å²) in [5, 5.41) is 12.2. The highest BCUT2D eigenvalue weighted by Gasteiger charge is 2.28. The van der Waals surface area contributed by atoms with Gasteiger partial charge in [-0.3, -0.25) is 4.79 Å². The number of ether oxygens (including phenoxy) is 1. The van der Waals surface area contributed by atoms with Gasteiger partial charge in [0.2, 0.25) is 0 Å². The number of hydrogen-bond donors (Lipinski definition) is 2. The highest BCUT2D eigenvalue weighted by atomic mass is 19.1. The second-order valence-electron chi connectivity index (χ2n) is 9.28. The molecule has 37 heavy (non-hydrogen) atoms. The molecule has 2 aromatic carbocycles. The van der Waals surface area contributed by atoms with E-state index in [1.165, 1.54) is 4.90 Å². The molecular formula is C28H33FN6O2. The summed E-state index contributed by atoms with van der Waals surface area (Å²) in [6.07, 6.45) is 1.49. The zero-order valence-electron chi connectivity index (χ0n) is 21.7. The summed E-state index contributed by atoms with van der Waals surface area (Å²) in [5.74, 6) is 3.54. The second kappa shape index (κ2) is 11.4. The van der Waals surface area contributed by atoms with Crippen molar-refractivity contribution in [1.29, 1.82) is 0 Å². The Labute approximate surface area is 217 Å². The fourth-order valence-corrected chi connectivity index (χ4v) is 4.43. The quantitative estimate of drug-likeness (QED) is 0.478. The Morgan fingerprint density at radius 1 is 1.32 bits per heavy atom. The molecule has 0 bridgehead atoms. The summed E-state index contributed by atoms with van der Waals surface area (Å²) in [6.45, 7) is 5.52. The van der Waals surface area contributed by atoms with Gasteiger partial charge in [-0.2, -0.15) is 9.78 Å². The number of piperidine rings is 1. The Morgan fingerprint density at radius 2 is 2.14 bits per heavy atom. The number of methoxy groups -OCH3 is 1. The van der Waals surface area contributed by atoms with Crippen molar-refractivity contribution < 1.29 is 13.9 Å². The number of carbonyl (C=O) groups is 1. The number of likely N-dealkylation sites (tertiary alicyclic amines) is 1. The van der Waals surface area contributed by atoms with Gasteiger partial charge in [0, 0.05) is 44.2 Å². The normalized spacial score (nSPS) is 17.5. The summed E-state index contributed by atoms with van der Waals surface area (Å²) in [7, 11) is 6.91. The molecule has 3 aromatic rings. The Balaban J connectivity index is 1.52. The fraction of sp³-hybridized carbons (Fsp3) is 0.357. The van der Waals surface area contributed by atoms with Crippen molar-refractivity contribution in [2.45, 2.75) is 18.6 Å². The number of benzene rings is 2. The van der Waals surface area contributed by atoms with Crippen LogP contribution in [0.4, 0.5) is 15.8 Å². The summed E-state index contributed by atoms with van der Waals surface area (Å²) < 4.78 is 21.7. The van der Waals surface area contributed by atoms with Crippen LogP contribution in [0.2, 0.25) is 0 Å². The van der Waals surface area contributed by atoms with Crippen LogP contribution in [0.3, 0.4) is 0 Å². The molecule has 8 nitrogen and oxygen atoms in total. The number of halogens is 1. The largest absolute Gasteiger partial charge is 0.495 e. The topological polar surface area (TPSA) is 74.7 Å². The molecule has 0 saturated carbocycles. The van der Waals surface area contributed by atoms with E-state index in [-0.39, 0.29) is 11.9 Å². The zero-order chi connectivity index (χ0) is 26.5. The van der Waals surface area contributed by atoms with Crippen molar-refractivity contribution >= 4 is 34.3 Å². The van der Waals surface area contributed by atoms with Crippen molar-refractivity contribution in [2.24, 2.45) is 0 Å². The average Bonchev–Trinajstić information content (AvgIpc) is 3.26. The molecule has 0 unspecified atom stereocenters. The first-order valence-electron chi connectivity index (χ1n) is 12.2. The van der Waals surface area contributed by atoms with Crippen LogP contribution in [0.15, 0.2) is 43.0 Å². The molecule has 0 radical (unpaired) electrons. The minimum Gasteiger partial charge on any atom is -0.495 e. The predicted molar refractivity (Wildman–Crippen MR) is 147 cm³/mol. The molecule has 4 rings (SSSR count). The number of rotatable bonds is 7. The van der Waals surface area contributed by atoms with Crippen molar-refractivity contribution in [1.82, 2.24) is 19.6 Å². The molecule has 1 aromatic heterocycles. The number of aromatic nitrogens is 2. The first kappa shape index (κ1) is 26.0. The first-order chi connectivity index (χ1) is 17.8. The van der Waals surface area contributed by atoms with Gasteiger partial charge in [0.05, 0.1) is 36.8 Å². The minimum atomic E-state index is -0.951. The highest BCUT2D eigenvalue weighted by Crippen LogP contribution is 2.29. The van der Waals surface area contributed by atoms with Crippen LogP contribution in [-0.2, 0) is 0 Å².